The molecule has 0 saturated heterocycles. The monoisotopic (exact) mass is 276 g/mol. The molecular weight excluding hydrogens is 256 g/mol. The molecule has 0 bridgehead atoms. The minimum absolute atomic E-state index is 0.0232. The van der Waals surface area contributed by atoms with Crippen LogP contribution in [0.2, 0.25) is 0 Å². The number of hydrogen-bond donors (Lipinski definition) is 1. The maximum Gasteiger partial charge on any atom is 0.0973 e. The first kappa shape index (κ1) is 14.2. The zero-order valence-corrected chi connectivity index (χ0v) is 12.2. The lowest BCUT2D eigenvalue weighted by atomic mass is 10.0. The lowest BCUT2D eigenvalue weighted by Crippen LogP contribution is -2.27. The maximum absolute atomic E-state index is 6.02. The average molecular weight is 276 g/mol. The molecule has 0 radical (unpaired) electrons. The number of aromatic nitrogens is 1. The van der Waals surface area contributed by atoms with Crippen molar-refractivity contribution in [3.8, 4) is 0 Å². The zero-order chi connectivity index (χ0) is 13.7. The summed E-state index contributed by atoms with van der Waals surface area (Å²) in [4.78, 5) is 5.53. The van der Waals surface area contributed by atoms with Crippen LogP contribution in [0.3, 0.4) is 0 Å². The summed E-state index contributed by atoms with van der Waals surface area (Å²) in [5, 5.41) is 0. The van der Waals surface area contributed by atoms with Crippen molar-refractivity contribution in [2.45, 2.75) is 32.4 Å². The molecule has 0 saturated carbocycles. The normalized spacial score (nSPS) is 14.3. The second-order valence-electron chi connectivity index (χ2n) is 4.67. The number of ether oxygens (including phenoxy) is 1. The van der Waals surface area contributed by atoms with Crippen LogP contribution in [0.25, 0.3) is 0 Å². The van der Waals surface area contributed by atoms with Crippen LogP contribution < -0.4 is 5.73 Å². The summed E-state index contributed by atoms with van der Waals surface area (Å²) in [6.07, 6.45) is 0.849. The molecule has 0 amide bonds. The predicted octanol–water partition coefficient (Wildman–Crippen LogP) is 3.10. The highest BCUT2D eigenvalue weighted by molar-refractivity contribution is 7.09. The van der Waals surface area contributed by atoms with Crippen molar-refractivity contribution >= 4 is 11.3 Å². The topological polar surface area (TPSA) is 48.1 Å². The molecule has 1 heterocycles. The number of hydrogen-bond acceptors (Lipinski definition) is 4. The summed E-state index contributed by atoms with van der Waals surface area (Å²) >= 11 is 1.68. The molecule has 19 heavy (non-hydrogen) atoms. The number of nitrogens with two attached hydrogens (primary N) is 1. The summed E-state index contributed by atoms with van der Waals surface area (Å²) < 4.78 is 5.97. The largest absolute Gasteiger partial charge is 0.372 e. The van der Waals surface area contributed by atoms with Gasteiger partial charge in [0.2, 0.25) is 0 Å². The molecule has 2 unspecified atom stereocenters. The Bertz CT molecular complexity index is 496. The van der Waals surface area contributed by atoms with E-state index in [0.717, 1.165) is 17.7 Å². The summed E-state index contributed by atoms with van der Waals surface area (Å²) in [7, 11) is 0. The van der Waals surface area contributed by atoms with E-state index in [1.165, 1.54) is 4.88 Å². The third kappa shape index (κ3) is 3.86. The van der Waals surface area contributed by atoms with Gasteiger partial charge >= 0.3 is 0 Å². The Labute approximate surface area is 118 Å². The van der Waals surface area contributed by atoms with Gasteiger partial charge in [0.15, 0.2) is 0 Å². The Morgan fingerprint density at radius 3 is 2.63 bits per heavy atom. The molecular formula is C15H20N2OS. The Balaban J connectivity index is 1.93. The van der Waals surface area contributed by atoms with Crippen LogP contribution in [0.5, 0.6) is 0 Å². The fourth-order valence-corrected chi connectivity index (χ4v) is 2.80. The Morgan fingerprint density at radius 2 is 2.05 bits per heavy atom. The molecule has 1 aromatic heterocycles. The fourth-order valence-electron chi connectivity index (χ4n) is 2.04. The van der Waals surface area contributed by atoms with E-state index in [-0.39, 0.29) is 12.1 Å². The molecule has 0 aliphatic heterocycles. The second kappa shape index (κ2) is 6.80. The highest BCUT2D eigenvalue weighted by atomic mass is 32.1. The van der Waals surface area contributed by atoms with Gasteiger partial charge in [-0.05, 0) is 19.4 Å². The lowest BCUT2D eigenvalue weighted by molar-refractivity contribution is 0.0405. The molecule has 4 heteroatoms. The van der Waals surface area contributed by atoms with Gasteiger partial charge < -0.3 is 10.5 Å². The number of benzene rings is 1. The number of nitrogens with zero attached hydrogens (tertiary/aromatic N) is 1. The zero-order valence-electron chi connectivity index (χ0n) is 11.4. The molecule has 2 N–H and O–H groups in total. The Hall–Kier alpha value is -1.23. The van der Waals surface area contributed by atoms with Crippen molar-refractivity contribution in [1.29, 1.82) is 0 Å². The van der Waals surface area contributed by atoms with Gasteiger partial charge in [-0.3, -0.25) is 0 Å². The van der Waals surface area contributed by atoms with Crippen LogP contribution in [-0.2, 0) is 11.2 Å². The Kier molecular flexibility index (Phi) is 5.07. The first-order valence-corrected chi connectivity index (χ1v) is 7.37. The van der Waals surface area contributed by atoms with Crippen molar-refractivity contribution < 1.29 is 4.74 Å². The third-order valence-electron chi connectivity index (χ3n) is 3.08. The molecule has 2 aromatic rings. The van der Waals surface area contributed by atoms with Crippen molar-refractivity contribution in [3.63, 3.8) is 0 Å². The highest BCUT2D eigenvalue weighted by Gasteiger charge is 2.16. The first-order chi connectivity index (χ1) is 9.18. The van der Waals surface area contributed by atoms with Crippen LogP contribution in [0, 0.1) is 6.92 Å². The van der Waals surface area contributed by atoms with E-state index < -0.39 is 0 Å². The van der Waals surface area contributed by atoms with E-state index in [2.05, 4.69) is 17.1 Å². The van der Waals surface area contributed by atoms with Gasteiger partial charge in [-0.15, -0.1) is 11.3 Å². The summed E-state index contributed by atoms with van der Waals surface area (Å²) in [6, 6.07) is 10.1. The average Bonchev–Trinajstić information content (AvgIpc) is 2.81. The lowest BCUT2D eigenvalue weighted by Gasteiger charge is -2.21. The van der Waals surface area contributed by atoms with Crippen LogP contribution in [0.15, 0.2) is 35.8 Å². The van der Waals surface area contributed by atoms with E-state index in [4.69, 9.17) is 10.5 Å². The van der Waals surface area contributed by atoms with Crippen molar-refractivity contribution in [1.82, 2.24) is 4.98 Å². The summed E-state index contributed by atoms with van der Waals surface area (Å²) in [5.41, 5.74) is 10.1. The van der Waals surface area contributed by atoms with Gasteiger partial charge in [0.05, 0.1) is 23.9 Å². The van der Waals surface area contributed by atoms with Gasteiger partial charge in [-0.2, -0.15) is 0 Å². The molecule has 0 aliphatic rings. The van der Waals surface area contributed by atoms with Gasteiger partial charge in [0.1, 0.15) is 0 Å². The number of rotatable bonds is 6. The van der Waals surface area contributed by atoms with Crippen LogP contribution in [0.1, 0.15) is 29.2 Å². The SMILES string of the molecule is Cc1ncsc1CCOC(c1ccccc1)C(C)N. The molecule has 0 aliphatic carbocycles. The summed E-state index contributed by atoms with van der Waals surface area (Å²) in [6.45, 7) is 4.69. The van der Waals surface area contributed by atoms with Crippen LogP contribution in [0.4, 0.5) is 0 Å². The van der Waals surface area contributed by atoms with Gasteiger partial charge in [-0.25, -0.2) is 4.98 Å². The maximum atomic E-state index is 6.02. The fraction of sp³-hybridized carbons (Fsp3) is 0.400. The second-order valence-corrected chi connectivity index (χ2v) is 5.61. The van der Waals surface area contributed by atoms with E-state index in [1.54, 1.807) is 11.3 Å². The first-order valence-electron chi connectivity index (χ1n) is 6.49. The molecule has 2 atom stereocenters. The molecule has 0 spiro atoms. The van der Waals surface area contributed by atoms with E-state index in [1.807, 2.05) is 37.6 Å². The van der Waals surface area contributed by atoms with E-state index >= 15 is 0 Å². The molecule has 1 aromatic carbocycles. The van der Waals surface area contributed by atoms with Gasteiger partial charge in [0, 0.05) is 17.3 Å². The van der Waals surface area contributed by atoms with E-state index in [9.17, 15) is 0 Å². The van der Waals surface area contributed by atoms with Gasteiger partial charge in [-0.1, -0.05) is 30.3 Å². The summed E-state index contributed by atoms with van der Waals surface area (Å²) in [5.74, 6) is 0. The van der Waals surface area contributed by atoms with Crippen LogP contribution >= 0.6 is 11.3 Å². The molecule has 3 nitrogen and oxygen atoms in total. The standard InChI is InChI=1S/C15H20N2OS/c1-11(16)15(13-6-4-3-5-7-13)18-9-8-14-12(2)17-10-19-14/h3-7,10-11,15H,8-9,16H2,1-2H3. The number of thiazole rings is 1. The predicted molar refractivity (Wildman–Crippen MR) is 79.3 cm³/mol. The number of aryl methyl sites for hydroxylation is 1. The molecule has 102 valence electrons. The van der Waals surface area contributed by atoms with Crippen molar-refractivity contribution in [3.05, 3.63) is 52.0 Å². The van der Waals surface area contributed by atoms with Crippen LogP contribution in [-0.4, -0.2) is 17.6 Å². The molecule has 0 fully saturated rings. The Morgan fingerprint density at radius 1 is 1.32 bits per heavy atom. The third-order valence-corrected chi connectivity index (χ3v) is 4.07. The van der Waals surface area contributed by atoms with Gasteiger partial charge in [0.25, 0.3) is 0 Å². The smallest absolute Gasteiger partial charge is 0.0973 e. The minimum Gasteiger partial charge on any atom is -0.372 e. The quantitative estimate of drug-likeness (QED) is 0.882. The van der Waals surface area contributed by atoms with Crippen molar-refractivity contribution in [2.75, 3.05) is 6.61 Å². The van der Waals surface area contributed by atoms with E-state index in [0.29, 0.717) is 6.61 Å². The van der Waals surface area contributed by atoms with Crippen molar-refractivity contribution in [2.24, 2.45) is 5.73 Å². The minimum atomic E-state index is -0.0468. The molecule has 2 rings (SSSR count). The highest BCUT2D eigenvalue weighted by Crippen LogP contribution is 2.21.